The molecule has 2 aromatic heterocycles. The first-order valence-electron chi connectivity index (χ1n) is 35.3. The molecule has 0 fully saturated rings. The molecule has 0 atom stereocenters. The number of aliphatic imine (C=N–C) groups is 4. The molecule has 8 nitrogen and oxygen atoms in total. The van der Waals surface area contributed by atoms with Crippen molar-refractivity contribution < 1.29 is 13.2 Å². The Balaban J connectivity index is 1.23. The summed E-state index contributed by atoms with van der Waals surface area (Å²) in [6.07, 6.45) is -4.60. The van der Waals surface area contributed by atoms with E-state index >= 15 is 13.2 Å². The zero-order valence-corrected chi connectivity index (χ0v) is 65.6. The maximum atomic E-state index is 15.2. The Kier molecular flexibility index (Phi) is 14.4. The van der Waals surface area contributed by atoms with Crippen LogP contribution in [0.3, 0.4) is 0 Å². The number of rotatable bonds is 1. The summed E-state index contributed by atoms with van der Waals surface area (Å²) in [6, 6.07) is 43.2. The molecule has 4 aliphatic heterocycles. The number of fused-ring (bicyclic) bond motifs is 18. The molecule has 6 heterocycles. The molecule has 0 aliphatic carbocycles. The molecule has 0 N–H and O–H groups in total. The molecule has 99 heavy (non-hydrogen) atoms. The summed E-state index contributed by atoms with van der Waals surface area (Å²) in [7, 11) is 0. The van der Waals surface area contributed by atoms with Crippen LogP contribution in [0.4, 0.5) is 24.8 Å². The van der Waals surface area contributed by atoms with Crippen LogP contribution in [0.25, 0.3) is 64.6 Å². The van der Waals surface area contributed by atoms with Crippen molar-refractivity contribution in [2.24, 2.45) is 30.0 Å². The van der Waals surface area contributed by atoms with Crippen LogP contribution in [0.15, 0.2) is 151 Å². The van der Waals surface area contributed by atoms with Gasteiger partial charge in [0.25, 0.3) is 0 Å². The minimum atomic E-state index is -4.79. The molecular formula is C87H92F3InN8. The predicted molar refractivity (Wildman–Crippen MR) is 412 cm³/mol. The van der Waals surface area contributed by atoms with E-state index in [2.05, 4.69) is 268 Å². The van der Waals surface area contributed by atoms with E-state index < -0.39 is 33.8 Å². The monoisotopic (exact) mass is 1420 g/mol. The van der Waals surface area contributed by atoms with Gasteiger partial charge in [0.1, 0.15) is 0 Å². The van der Waals surface area contributed by atoms with Gasteiger partial charge in [-0.2, -0.15) is 0 Å². The first-order valence-corrected chi connectivity index (χ1v) is 39.9. The number of alkyl halides is 3. The number of amidine groups is 4. The number of nitrogens with zero attached hydrogens (tertiary/aromatic N) is 8. The van der Waals surface area contributed by atoms with E-state index in [1.54, 1.807) is 12.1 Å². The molecule has 11 aromatic rings. The first-order chi connectivity index (χ1) is 45.7. The van der Waals surface area contributed by atoms with Crippen LogP contribution in [0, 0.1) is 0 Å². The Bertz CT molecular complexity index is 5710. The van der Waals surface area contributed by atoms with Gasteiger partial charge in [0.05, 0.1) is 0 Å². The van der Waals surface area contributed by atoms with Crippen molar-refractivity contribution in [3.05, 3.63) is 205 Å². The molecule has 12 heteroatoms. The Morgan fingerprint density at radius 3 is 0.899 bits per heavy atom. The molecule has 9 aromatic carbocycles. The average molecular weight is 1420 g/mol. The Labute approximate surface area is 589 Å². The van der Waals surface area contributed by atoms with Gasteiger partial charge in [-0.3, -0.25) is 0 Å². The quantitative estimate of drug-likeness (QED) is 0.157. The van der Waals surface area contributed by atoms with Crippen LogP contribution in [0.2, 0.25) is 0 Å². The summed E-state index contributed by atoms with van der Waals surface area (Å²) in [6.45, 7) is 54.6. The third-order valence-electron chi connectivity index (χ3n) is 21.2. The third kappa shape index (κ3) is 11.0. The van der Waals surface area contributed by atoms with E-state index in [-0.39, 0.29) is 43.3 Å². The van der Waals surface area contributed by atoms with E-state index in [9.17, 15) is 0 Å². The molecule has 0 radical (unpaired) electrons. The number of hydrogen-bond donors (Lipinski definition) is 0. The predicted octanol–water partition coefficient (Wildman–Crippen LogP) is 21.3. The van der Waals surface area contributed by atoms with Crippen molar-refractivity contribution in [3.8, 4) is 0 Å². The topological polar surface area (TPSA) is 84.0 Å². The zero-order valence-electron chi connectivity index (χ0n) is 62.3. The second-order valence-electron chi connectivity index (χ2n) is 37.1. The van der Waals surface area contributed by atoms with Gasteiger partial charge in [0, 0.05) is 0 Å². The fourth-order valence-electron chi connectivity index (χ4n) is 15.4. The van der Waals surface area contributed by atoms with E-state index in [4.69, 9.17) is 30.0 Å². The molecule has 15 rings (SSSR count). The molecule has 504 valence electrons. The van der Waals surface area contributed by atoms with Crippen LogP contribution >= 0.6 is 0 Å². The first kappa shape index (κ1) is 66.9. The molecule has 0 spiro atoms. The number of halogens is 3. The zero-order chi connectivity index (χ0) is 71.2. The third-order valence-corrected chi connectivity index (χ3v) is 29.6. The molecule has 0 saturated heterocycles. The number of hydrogen-bond acceptors (Lipinski definition) is 6. The number of benzene rings is 9. The van der Waals surface area contributed by atoms with E-state index in [0.29, 0.717) is 46.0 Å². The molecular weight excluding hydrogens is 1330 g/mol. The van der Waals surface area contributed by atoms with Gasteiger partial charge in [-0.1, -0.05) is 0 Å². The van der Waals surface area contributed by atoms with Crippen molar-refractivity contribution >= 4 is 125 Å². The van der Waals surface area contributed by atoms with Gasteiger partial charge in [0.15, 0.2) is 0 Å². The van der Waals surface area contributed by atoms with Gasteiger partial charge in [-0.05, 0) is 0 Å². The fourth-order valence-corrected chi connectivity index (χ4v) is 24.2. The number of aromatic nitrogens is 2. The van der Waals surface area contributed by atoms with Crippen molar-refractivity contribution in [2.45, 2.75) is 216 Å². The summed E-state index contributed by atoms with van der Waals surface area (Å²) >= 11 is -4.79. The standard InChI is InChI=1S/C80H88N8.C7H4F3.In/c1-73(2,3)45-25-41-29-53-57(37-49(41)61(33-45)77(13,14)15)69-81-65(53)85-70-58-38-50-42(26-46(74(4,5)6)34-62(50)78(16,17)18)30-54(58)67(82-70)87-72-60-40-52-44(28-48(76(10,11)12)36-64(52)80(22,23)24)32-56(60)68(84-72)88-71-59-39-51-43(31-55(59)66(83-71)86-69)27-47(75(7,8)9)35-63(51)79(19,20)21;8-7(9,10)6-4-2-1-3-5-6;/h25-40H,1-24H3;2-5H;/q-2;;+2. The summed E-state index contributed by atoms with van der Waals surface area (Å²) < 4.78 is 51.2. The fraction of sp³-hybridized carbons (Fsp3) is 0.379. The van der Waals surface area contributed by atoms with Crippen molar-refractivity contribution in [3.63, 3.8) is 0 Å². The van der Waals surface area contributed by atoms with Gasteiger partial charge >= 0.3 is 593 Å². The van der Waals surface area contributed by atoms with Gasteiger partial charge < -0.3 is 0 Å². The summed E-state index contributed by atoms with van der Waals surface area (Å²) in [5.74, 6) is 3.24. The Morgan fingerprint density at radius 1 is 0.263 bits per heavy atom. The molecule has 0 saturated carbocycles. The summed E-state index contributed by atoms with van der Waals surface area (Å²) in [4.78, 5) is 35.6. The normalized spacial score (nSPS) is 15.4. The van der Waals surface area contributed by atoms with Crippen LogP contribution in [0.1, 0.15) is 238 Å². The van der Waals surface area contributed by atoms with Crippen LogP contribution < -0.4 is 14.3 Å². The van der Waals surface area contributed by atoms with Gasteiger partial charge in [-0.15, -0.1) is 0 Å². The molecule has 0 amide bonds. The molecule has 4 aliphatic rings. The average Bonchev–Trinajstić information content (AvgIpc) is 1.54. The van der Waals surface area contributed by atoms with E-state index in [1.807, 2.05) is 0 Å². The Hall–Kier alpha value is -7.96. The van der Waals surface area contributed by atoms with Gasteiger partial charge in [0.2, 0.25) is 0 Å². The van der Waals surface area contributed by atoms with Crippen molar-refractivity contribution in [1.29, 1.82) is 0 Å². The Morgan fingerprint density at radius 2 is 0.556 bits per heavy atom. The van der Waals surface area contributed by atoms with Crippen LogP contribution in [-0.4, -0.2) is 50.5 Å². The van der Waals surface area contributed by atoms with Crippen LogP contribution in [0.5, 0.6) is 0 Å². The van der Waals surface area contributed by atoms with Crippen LogP contribution in [-0.2, 0) is 49.5 Å². The maximum absolute atomic E-state index is 15.2. The summed E-state index contributed by atoms with van der Waals surface area (Å²) in [5.41, 5.74) is 11.8. The summed E-state index contributed by atoms with van der Waals surface area (Å²) in [5, 5.41) is 12.1. The van der Waals surface area contributed by atoms with Crippen molar-refractivity contribution in [2.75, 3.05) is 0 Å². The van der Waals surface area contributed by atoms with Crippen molar-refractivity contribution in [1.82, 2.24) is 5.11 Å². The second-order valence-corrected chi connectivity index (χ2v) is 44.0. The SMILES string of the molecule is CC(C)(C)c1cc(C(C)(C)C)c2cc3c(cc2c1)C1=Nc2c4cc5c(C(C)(C)C)cc(C(C)(C)C)cc5cc4c4[n]2[In]([c]2ccc(C(F)(F)F)cc2)[n]2c(c5cc6cc(C(C)(C)C)cc(C(C)(C)C)c6cc5c2=NC2=NC(=N4)c4cc5c(C(C)(C)C)cc(C(C)(C)C)cc5cc42)=NC3=N1. The molecule has 6 bridgehead atoms. The second kappa shape index (κ2) is 21.3. The van der Waals surface area contributed by atoms with Gasteiger partial charge in [-0.25, -0.2) is 0 Å². The van der Waals surface area contributed by atoms with E-state index in [1.165, 1.54) is 56.6 Å². The molecule has 0 unspecified atom stereocenters. The minimum absolute atomic E-state index is 0.160. The van der Waals surface area contributed by atoms with E-state index in [0.717, 1.165) is 90.2 Å².